The Balaban J connectivity index is 2.05. The fourth-order valence-corrected chi connectivity index (χ4v) is 1.90. The van der Waals surface area contributed by atoms with Gasteiger partial charge in [0.2, 0.25) is 0 Å². The molecule has 4 heteroatoms. The van der Waals surface area contributed by atoms with E-state index in [-0.39, 0.29) is 0 Å². The van der Waals surface area contributed by atoms with E-state index in [0.717, 1.165) is 17.6 Å². The van der Waals surface area contributed by atoms with Crippen molar-refractivity contribution in [3.63, 3.8) is 0 Å². The summed E-state index contributed by atoms with van der Waals surface area (Å²) in [6, 6.07) is 12.0. The summed E-state index contributed by atoms with van der Waals surface area (Å²) in [5.74, 6) is 0.606. The van der Waals surface area contributed by atoms with Crippen LogP contribution in [0.15, 0.2) is 48.8 Å². The minimum absolute atomic E-state index is 0.606. The van der Waals surface area contributed by atoms with Crippen molar-refractivity contribution >= 4 is 11.5 Å². The molecule has 0 bridgehead atoms. The molecule has 0 aliphatic rings. The van der Waals surface area contributed by atoms with Gasteiger partial charge >= 0.3 is 0 Å². The van der Waals surface area contributed by atoms with Crippen LogP contribution in [0.2, 0.25) is 0 Å². The molecular weight excluding hydrogens is 212 g/mol. The van der Waals surface area contributed by atoms with Crippen LogP contribution in [-0.2, 0) is 6.42 Å². The molecule has 0 unspecified atom stereocenters. The molecule has 0 aliphatic carbocycles. The van der Waals surface area contributed by atoms with Crippen LogP contribution >= 0.6 is 0 Å². The molecular formula is C13H12N4. The Labute approximate surface area is 98.7 Å². The topological polar surface area (TPSA) is 56.2 Å². The van der Waals surface area contributed by atoms with E-state index in [1.807, 2.05) is 24.4 Å². The third kappa shape index (κ3) is 1.73. The molecule has 2 N–H and O–H groups in total. The lowest BCUT2D eigenvalue weighted by atomic mass is 10.1. The van der Waals surface area contributed by atoms with Crippen LogP contribution in [0, 0.1) is 0 Å². The molecule has 2 aromatic heterocycles. The van der Waals surface area contributed by atoms with Gasteiger partial charge in [-0.2, -0.15) is 9.61 Å². The van der Waals surface area contributed by atoms with E-state index in [4.69, 9.17) is 5.73 Å². The number of nitrogens with two attached hydrogens (primary N) is 1. The average Bonchev–Trinajstić information content (AvgIpc) is 2.76. The molecule has 0 spiro atoms. The molecule has 0 saturated carbocycles. The molecule has 0 fully saturated rings. The second-order valence-electron chi connectivity index (χ2n) is 3.94. The van der Waals surface area contributed by atoms with Crippen LogP contribution in [-0.4, -0.2) is 14.6 Å². The Morgan fingerprint density at radius 2 is 1.94 bits per heavy atom. The fraction of sp³-hybridized carbons (Fsp3) is 0.0769. The number of rotatable bonds is 2. The van der Waals surface area contributed by atoms with Crippen molar-refractivity contribution in [1.82, 2.24) is 14.6 Å². The van der Waals surface area contributed by atoms with Gasteiger partial charge in [-0.15, -0.1) is 0 Å². The first-order valence-electron chi connectivity index (χ1n) is 5.45. The van der Waals surface area contributed by atoms with E-state index in [0.29, 0.717) is 5.82 Å². The van der Waals surface area contributed by atoms with Gasteiger partial charge in [0.25, 0.3) is 0 Å². The van der Waals surface area contributed by atoms with Gasteiger partial charge in [-0.25, -0.2) is 4.98 Å². The zero-order valence-electron chi connectivity index (χ0n) is 9.24. The first-order valence-corrected chi connectivity index (χ1v) is 5.45. The number of fused-ring (bicyclic) bond motifs is 1. The Morgan fingerprint density at radius 3 is 2.76 bits per heavy atom. The standard InChI is InChI=1S/C13H12N4/c14-12-6-7-15-13-11(9-16-17(12)13)8-10-4-2-1-3-5-10/h1-7,9H,8,14H2. The Morgan fingerprint density at radius 1 is 1.12 bits per heavy atom. The summed E-state index contributed by atoms with van der Waals surface area (Å²) in [7, 11) is 0. The van der Waals surface area contributed by atoms with Crippen molar-refractivity contribution in [2.45, 2.75) is 6.42 Å². The molecule has 4 nitrogen and oxygen atoms in total. The highest BCUT2D eigenvalue weighted by Crippen LogP contribution is 2.15. The summed E-state index contributed by atoms with van der Waals surface area (Å²) in [6.45, 7) is 0. The zero-order chi connectivity index (χ0) is 11.7. The summed E-state index contributed by atoms with van der Waals surface area (Å²) in [5, 5.41) is 4.24. The molecule has 0 atom stereocenters. The van der Waals surface area contributed by atoms with E-state index in [1.165, 1.54) is 5.56 Å². The first kappa shape index (κ1) is 9.84. The highest BCUT2D eigenvalue weighted by Gasteiger charge is 2.07. The maximum absolute atomic E-state index is 5.82. The van der Waals surface area contributed by atoms with E-state index in [9.17, 15) is 0 Å². The lowest BCUT2D eigenvalue weighted by molar-refractivity contribution is 0.952. The quantitative estimate of drug-likeness (QED) is 0.723. The molecule has 0 saturated heterocycles. The SMILES string of the molecule is Nc1ccnc2c(Cc3ccccc3)cnn12. The number of hydrogen-bond donors (Lipinski definition) is 1. The summed E-state index contributed by atoms with van der Waals surface area (Å²) in [5.41, 5.74) is 8.98. The maximum Gasteiger partial charge on any atom is 0.160 e. The molecule has 17 heavy (non-hydrogen) atoms. The van der Waals surface area contributed by atoms with Crippen molar-refractivity contribution in [3.05, 3.63) is 59.9 Å². The van der Waals surface area contributed by atoms with Crippen molar-refractivity contribution in [3.8, 4) is 0 Å². The van der Waals surface area contributed by atoms with Gasteiger partial charge in [0.15, 0.2) is 5.65 Å². The largest absolute Gasteiger partial charge is 0.384 e. The van der Waals surface area contributed by atoms with E-state index in [1.54, 1.807) is 16.8 Å². The van der Waals surface area contributed by atoms with Crippen LogP contribution in [0.4, 0.5) is 5.82 Å². The number of hydrogen-bond acceptors (Lipinski definition) is 3. The monoisotopic (exact) mass is 224 g/mol. The van der Waals surface area contributed by atoms with Crippen LogP contribution in [0.5, 0.6) is 0 Å². The van der Waals surface area contributed by atoms with Gasteiger partial charge in [-0.1, -0.05) is 30.3 Å². The lowest BCUT2D eigenvalue weighted by Crippen LogP contribution is -1.99. The maximum atomic E-state index is 5.82. The Kier molecular flexibility index (Phi) is 2.26. The number of nitrogen functional groups attached to an aromatic ring is 1. The number of benzene rings is 1. The minimum Gasteiger partial charge on any atom is -0.384 e. The predicted molar refractivity (Wildman–Crippen MR) is 66.6 cm³/mol. The molecule has 0 aliphatic heterocycles. The fourth-order valence-electron chi connectivity index (χ4n) is 1.90. The molecule has 3 rings (SSSR count). The average molecular weight is 224 g/mol. The smallest absolute Gasteiger partial charge is 0.160 e. The van der Waals surface area contributed by atoms with Crippen LogP contribution in [0.25, 0.3) is 5.65 Å². The van der Waals surface area contributed by atoms with Crippen LogP contribution in [0.1, 0.15) is 11.1 Å². The van der Waals surface area contributed by atoms with E-state index < -0.39 is 0 Å². The van der Waals surface area contributed by atoms with E-state index in [2.05, 4.69) is 22.2 Å². The second-order valence-corrected chi connectivity index (χ2v) is 3.94. The van der Waals surface area contributed by atoms with Crippen molar-refractivity contribution < 1.29 is 0 Å². The lowest BCUT2D eigenvalue weighted by Gasteiger charge is -2.00. The van der Waals surface area contributed by atoms with Gasteiger partial charge in [-0.3, -0.25) is 0 Å². The van der Waals surface area contributed by atoms with Crippen molar-refractivity contribution in [1.29, 1.82) is 0 Å². The third-order valence-corrected chi connectivity index (χ3v) is 2.74. The summed E-state index contributed by atoms with van der Waals surface area (Å²) >= 11 is 0. The molecule has 0 radical (unpaired) electrons. The predicted octanol–water partition coefficient (Wildman–Crippen LogP) is 1.90. The minimum atomic E-state index is 0.606. The normalized spacial score (nSPS) is 10.8. The summed E-state index contributed by atoms with van der Waals surface area (Å²) in [6.07, 6.45) is 4.35. The second kappa shape index (κ2) is 3.90. The van der Waals surface area contributed by atoms with Gasteiger partial charge in [0.05, 0.1) is 6.20 Å². The Bertz CT molecular complexity index is 643. The van der Waals surface area contributed by atoms with Crippen molar-refractivity contribution in [2.24, 2.45) is 0 Å². The Hall–Kier alpha value is -2.36. The van der Waals surface area contributed by atoms with E-state index >= 15 is 0 Å². The van der Waals surface area contributed by atoms with Crippen molar-refractivity contribution in [2.75, 3.05) is 5.73 Å². The van der Waals surface area contributed by atoms with Crippen LogP contribution < -0.4 is 5.73 Å². The number of anilines is 1. The zero-order valence-corrected chi connectivity index (χ0v) is 9.24. The van der Waals surface area contributed by atoms with Gasteiger partial charge in [0.1, 0.15) is 5.82 Å². The molecule has 2 heterocycles. The van der Waals surface area contributed by atoms with Gasteiger partial charge in [-0.05, 0) is 11.6 Å². The highest BCUT2D eigenvalue weighted by atomic mass is 15.3. The molecule has 1 aromatic carbocycles. The highest BCUT2D eigenvalue weighted by molar-refractivity contribution is 5.52. The van der Waals surface area contributed by atoms with Crippen LogP contribution in [0.3, 0.4) is 0 Å². The van der Waals surface area contributed by atoms with Gasteiger partial charge < -0.3 is 5.73 Å². The summed E-state index contributed by atoms with van der Waals surface area (Å²) in [4.78, 5) is 4.32. The third-order valence-electron chi connectivity index (χ3n) is 2.74. The molecule has 84 valence electrons. The number of aromatic nitrogens is 3. The molecule has 3 aromatic rings. The number of nitrogens with zero attached hydrogens (tertiary/aromatic N) is 3. The first-order chi connectivity index (χ1) is 8.34. The summed E-state index contributed by atoms with van der Waals surface area (Å²) < 4.78 is 1.66. The molecule has 0 amide bonds. The van der Waals surface area contributed by atoms with Gasteiger partial charge in [0, 0.05) is 18.2 Å².